The third kappa shape index (κ3) is 3.62. The summed E-state index contributed by atoms with van der Waals surface area (Å²) in [5, 5.41) is 10.9. The zero-order valence-corrected chi connectivity index (χ0v) is 15.4. The van der Waals surface area contributed by atoms with E-state index in [1.165, 1.54) is 16.6 Å². The largest absolute Gasteiger partial charge is 0.449 e. The molecule has 0 fully saturated rings. The predicted octanol–water partition coefficient (Wildman–Crippen LogP) is 1.79. The number of rotatable bonds is 4. The van der Waals surface area contributed by atoms with E-state index in [1.54, 1.807) is 36.1 Å². The summed E-state index contributed by atoms with van der Waals surface area (Å²) < 4.78 is 6.87. The van der Waals surface area contributed by atoms with Crippen molar-refractivity contribution in [3.63, 3.8) is 0 Å². The molecule has 4 rings (SSSR count). The topological polar surface area (TPSA) is 90.2 Å². The highest BCUT2D eigenvalue weighted by molar-refractivity contribution is 5.92. The Bertz CT molecular complexity index is 985. The molecule has 0 unspecified atom stereocenters. The van der Waals surface area contributed by atoms with E-state index in [2.05, 4.69) is 21.6 Å². The van der Waals surface area contributed by atoms with Gasteiger partial charge in [-0.1, -0.05) is 24.3 Å². The van der Waals surface area contributed by atoms with Gasteiger partial charge in [0.05, 0.1) is 11.3 Å². The summed E-state index contributed by atoms with van der Waals surface area (Å²) in [5.41, 5.74) is 3.48. The maximum Gasteiger partial charge on any atom is 0.338 e. The van der Waals surface area contributed by atoms with E-state index in [0.29, 0.717) is 18.7 Å². The normalized spacial score (nSPS) is 14.2. The van der Waals surface area contributed by atoms with Crippen LogP contribution in [0, 0.1) is 0 Å². The first-order valence-electron chi connectivity index (χ1n) is 9.02. The Labute approximate surface area is 161 Å². The van der Waals surface area contributed by atoms with Crippen molar-refractivity contribution in [2.24, 2.45) is 0 Å². The Hall–Kier alpha value is -3.55. The number of ether oxygens (including phenoxy) is 1. The van der Waals surface area contributed by atoms with Crippen LogP contribution >= 0.6 is 0 Å². The molecule has 1 aromatic heterocycles. The first-order valence-corrected chi connectivity index (χ1v) is 9.02. The van der Waals surface area contributed by atoms with Gasteiger partial charge in [-0.3, -0.25) is 4.79 Å². The van der Waals surface area contributed by atoms with E-state index in [0.717, 1.165) is 17.7 Å². The van der Waals surface area contributed by atoms with Crippen LogP contribution in [0.3, 0.4) is 0 Å². The molecule has 1 atom stereocenters. The number of hydrogen-bond acceptors (Lipinski definition) is 6. The van der Waals surface area contributed by atoms with Crippen molar-refractivity contribution in [1.82, 2.24) is 25.1 Å². The predicted molar refractivity (Wildman–Crippen MR) is 99.6 cm³/mol. The van der Waals surface area contributed by atoms with Gasteiger partial charge in [0.1, 0.15) is 6.33 Å². The van der Waals surface area contributed by atoms with Crippen LogP contribution in [0.2, 0.25) is 0 Å². The Morgan fingerprint density at radius 3 is 2.54 bits per heavy atom. The lowest BCUT2D eigenvalue weighted by Gasteiger charge is -2.30. The highest BCUT2D eigenvalue weighted by atomic mass is 16.5. The zero-order valence-electron chi connectivity index (χ0n) is 15.4. The van der Waals surface area contributed by atoms with Gasteiger partial charge in [0.15, 0.2) is 6.10 Å². The average Bonchev–Trinajstić information content (AvgIpc) is 3.28. The van der Waals surface area contributed by atoms with Gasteiger partial charge in [-0.05, 0) is 59.2 Å². The lowest BCUT2D eigenvalue weighted by Crippen LogP contribution is -2.42. The second-order valence-electron chi connectivity index (χ2n) is 6.63. The van der Waals surface area contributed by atoms with Crippen LogP contribution in [0.25, 0.3) is 5.69 Å². The molecule has 0 saturated carbocycles. The molecule has 0 bridgehead atoms. The summed E-state index contributed by atoms with van der Waals surface area (Å²) in [7, 11) is 0. The Kier molecular flexibility index (Phi) is 4.84. The molecule has 1 aliphatic rings. The number of amides is 1. The van der Waals surface area contributed by atoms with E-state index in [9.17, 15) is 9.59 Å². The molecular formula is C20H19N5O3. The van der Waals surface area contributed by atoms with Gasteiger partial charge in [-0.2, -0.15) is 0 Å². The van der Waals surface area contributed by atoms with Gasteiger partial charge in [-0.15, -0.1) is 5.10 Å². The second kappa shape index (κ2) is 7.59. The van der Waals surface area contributed by atoms with E-state index in [4.69, 9.17) is 4.74 Å². The molecule has 3 aromatic rings. The molecular weight excluding hydrogens is 358 g/mol. The standard InChI is InChI=1S/C20H19N5O3/c1-14(19(26)24-11-10-15-4-2-3-5-17(15)12-24)28-20(27)16-6-8-18(9-7-16)25-13-21-22-23-25/h2-9,13-14H,10-12H2,1H3/t14-/m0/s1. The lowest BCUT2D eigenvalue weighted by molar-refractivity contribution is -0.140. The maximum atomic E-state index is 12.7. The number of carbonyl (C=O) groups excluding carboxylic acids is 2. The Morgan fingerprint density at radius 2 is 1.82 bits per heavy atom. The second-order valence-corrected chi connectivity index (χ2v) is 6.63. The van der Waals surface area contributed by atoms with Gasteiger partial charge >= 0.3 is 5.97 Å². The Morgan fingerprint density at radius 1 is 1.07 bits per heavy atom. The molecule has 2 aromatic carbocycles. The molecule has 8 nitrogen and oxygen atoms in total. The van der Waals surface area contributed by atoms with Crippen LogP contribution in [0.5, 0.6) is 0 Å². The summed E-state index contributed by atoms with van der Waals surface area (Å²) in [4.78, 5) is 26.8. The van der Waals surface area contributed by atoms with Crippen molar-refractivity contribution in [3.05, 3.63) is 71.5 Å². The van der Waals surface area contributed by atoms with E-state index >= 15 is 0 Å². The lowest BCUT2D eigenvalue weighted by atomic mass is 9.99. The van der Waals surface area contributed by atoms with Crippen molar-refractivity contribution >= 4 is 11.9 Å². The molecule has 0 radical (unpaired) electrons. The Balaban J connectivity index is 1.38. The summed E-state index contributed by atoms with van der Waals surface area (Å²) in [6, 6.07) is 14.7. The number of benzene rings is 2. The minimum atomic E-state index is -0.850. The van der Waals surface area contributed by atoms with Crippen molar-refractivity contribution < 1.29 is 14.3 Å². The fourth-order valence-electron chi connectivity index (χ4n) is 3.25. The first kappa shape index (κ1) is 17.8. The highest BCUT2D eigenvalue weighted by Crippen LogP contribution is 2.20. The van der Waals surface area contributed by atoms with Crippen molar-refractivity contribution in [1.29, 1.82) is 0 Å². The van der Waals surface area contributed by atoms with Crippen LogP contribution in [0.1, 0.15) is 28.4 Å². The maximum absolute atomic E-state index is 12.7. The van der Waals surface area contributed by atoms with Crippen molar-refractivity contribution in [2.45, 2.75) is 26.0 Å². The molecule has 2 heterocycles. The molecule has 8 heteroatoms. The summed E-state index contributed by atoms with van der Waals surface area (Å²) >= 11 is 0. The number of tetrazole rings is 1. The molecule has 0 spiro atoms. The number of carbonyl (C=O) groups is 2. The average molecular weight is 377 g/mol. The molecule has 28 heavy (non-hydrogen) atoms. The number of hydrogen-bond donors (Lipinski definition) is 0. The molecule has 1 amide bonds. The van der Waals surface area contributed by atoms with Gasteiger partial charge < -0.3 is 9.64 Å². The van der Waals surface area contributed by atoms with Gasteiger partial charge in [0, 0.05) is 13.1 Å². The minimum absolute atomic E-state index is 0.187. The van der Waals surface area contributed by atoms with Crippen LogP contribution < -0.4 is 0 Å². The summed E-state index contributed by atoms with van der Waals surface area (Å²) in [6.45, 7) is 2.77. The number of fused-ring (bicyclic) bond motifs is 1. The van der Waals surface area contributed by atoms with Gasteiger partial charge in [-0.25, -0.2) is 9.48 Å². The minimum Gasteiger partial charge on any atom is -0.449 e. The van der Waals surface area contributed by atoms with Crippen LogP contribution in [0.15, 0.2) is 54.9 Å². The van der Waals surface area contributed by atoms with Gasteiger partial charge in [0.25, 0.3) is 5.91 Å². The van der Waals surface area contributed by atoms with Crippen molar-refractivity contribution in [3.8, 4) is 5.69 Å². The van der Waals surface area contributed by atoms with E-state index < -0.39 is 12.1 Å². The third-order valence-electron chi connectivity index (χ3n) is 4.79. The number of nitrogens with zero attached hydrogens (tertiary/aromatic N) is 5. The SMILES string of the molecule is C[C@H](OC(=O)c1ccc(-n2cnnn2)cc1)C(=O)N1CCc2ccccc2C1. The fraction of sp³-hybridized carbons (Fsp3) is 0.250. The monoisotopic (exact) mass is 377 g/mol. The van der Waals surface area contributed by atoms with Crippen LogP contribution in [0.4, 0.5) is 0 Å². The molecule has 0 N–H and O–H groups in total. The van der Waals surface area contributed by atoms with Gasteiger partial charge in [0.2, 0.25) is 0 Å². The number of aromatic nitrogens is 4. The molecule has 0 saturated heterocycles. The summed E-state index contributed by atoms with van der Waals surface area (Å²) in [5.74, 6) is -0.727. The molecule has 142 valence electrons. The number of esters is 1. The third-order valence-corrected chi connectivity index (χ3v) is 4.79. The van der Waals surface area contributed by atoms with E-state index in [-0.39, 0.29) is 5.91 Å². The smallest absolute Gasteiger partial charge is 0.338 e. The van der Waals surface area contributed by atoms with Crippen LogP contribution in [-0.2, 0) is 22.5 Å². The fourth-order valence-corrected chi connectivity index (χ4v) is 3.25. The molecule has 1 aliphatic heterocycles. The molecule has 0 aliphatic carbocycles. The first-order chi connectivity index (χ1) is 13.6. The summed E-state index contributed by atoms with van der Waals surface area (Å²) in [6.07, 6.45) is 1.42. The highest BCUT2D eigenvalue weighted by Gasteiger charge is 2.27. The van der Waals surface area contributed by atoms with Crippen molar-refractivity contribution in [2.75, 3.05) is 6.54 Å². The van der Waals surface area contributed by atoms with Crippen LogP contribution in [-0.4, -0.2) is 49.6 Å². The quantitative estimate of drug-likeness (QED) is 0.644. The van der Waals surface area contributed by atoms with E-state index in [1.807, 2.05) is 18.2 Å². The zero-order chi connectivity index (χ0) is 19.5.